The Labute approximate surface area is 76.7 Å². The maximum absolute atomic E-state index is 5.41. The van der Waals surface area contributed by atoms with E-state index in [4.69, 9.17) is 4.42 Å². The molecule has 0 saturated carbocycles. The van der Waals surface area contributed by atoms with E-state index >= 15 is 0 Å². The minimum Gasteiger partial charge on any atom is -0.466 e. The van der Waals surface area contributed by atoms with Crippen LogP contribution in [0.15, 0.2) is 16.7 Å². The molecule has 1 saturated heterocycles. The molecule has 0 bridgehead atoms. The molecule has 0 radical (unpaired) electrons. The number of hydrogen-bond acceptors (Lipinski definition) is 3. The maximum atomic E-state index is 5.41. The van der Waals surface area contributed by atoms with Crippen LogP contribution in [0.2, 0.25) is 0 Å². The average Bonchev–Trinajstić information content (AvgIpc) is 2.58. The van der Waals surface area contributed by atoms with Gasteiger partial charge in [0.05, 0.1) is 6.26 Å². The molecule has 1 N–H and O–H groups in total. The molecule has 12 heavy (non-hydrogen) atoms. The summed E-state index contributed by atoms with van der Waals surface area (Å²) >= 11 is 1.93. The molecule has 2 unspecified atom stereocenters. The van der Waals surface area contributed by atoms with Gasteiger partial charge in [-0.1, -0.05) is 6.92 Å². The Balaban J connectivity index is 2.16. The van der Waals surface area contributed by atoms with Crippen molar-refractivity contribution < 1.29 is 4.42 Å². The summed E-state index contributed by atoms with van der Waals surface area (Å²) in [7, 11) is 0. The highest BCUT2D eigenvalue weighted by Gasteiger charge is 2.25. The van der Waals surface area contributed by atoms with Gasteiger partial charge in [-0.3, -0.25) is 5.32 Å². The van der Waals surface area contributed by atoms with E-state index in [0.717, 1.165) is 12.3 Å². The van der Waals surface area contributed by atoms with Crippen LogP contribution in [0.5, 0.6) is 0 Å². The van der Waals surface area contributed by atoms with Gasteiger partial charge in [-0.15, -0.1) is 11.8 Å². The van der Waals surface area contributed by atoms with Gasteiger partial charge < -0.3 is 4.42 Å². The molecule has 1 aliphatic rings. The smallest absolute Gasteiger partial charge is 0.133 e. The summed E-state index contributed by atoms with van der Waals surface area (Å²) in [5.74, 6) is 1.09. The Hall–Kier alpha value is -0.410. The van der Waals surface area contributed by atoms with Crippen molar-refractivity contribution in [1.29, 1.82) is 0 Å². The molecular formula is C9H13NOS. The second-order valence-corrected chi connectivity index (χ2v) is 4.75. The van der Waals surface area contributed by atoms with Crippen molar-refractivity contribution in [2.45, 2.75) is 24.5 Å². The lowest BCUT2D eigenvalue weighted by Gasteiger charge is -2.06. The third kappa shape index (κ3) is 1.39. The molecule has 1 aromatic rings. The Kier molecular flexibility index (Phi) is 2.15. The fourth-order valence-corrected chi connectivity index (χ4v) is 2.62. The van der Waals surface area contributed by atoms with Gasteiger partial charge in [0, 0.05) is 11.8 Å². The molecule has 2 nitrogen and oxygen atoms in total. The van der Waals surface area contributed by atoms with E-state index < -0.39 is 0 Å². The van der Waals surface area contributed by atoms with Crippen LogP contribution in [-0.4, -0.2) is 11.8 Å². The predicted octanol–water partition coefficient (Wildman–Crippen LogP) is 2.31. The summed E-state index contributed by atoms with van der Waals surface area (Å²) in [4.78, 5) is 0. The van der Waals surface area contributed by atoms with Gasteiger partial charge in [0.1, 0.15) is 11.1 Å². The maximum Gasteiger partial charge on any atom is 0.133 e. The lowest BCUT2D eigenvalue weighted by Crippen LogP contribution is -2.13. The molecule has 1 fully saturated rings. The van der Waals surface area contributed by atoms with Gasteiger partial charge in [0.25, 0.3) is 0 Å². The monoisotopic (exact) mass is 183 g/mol. The minimum atomic E-state index is 0.370. The number of aryl methyl sites for hydroxylation is 1. The van der Waals surface area contributed by atoms with Crippen LogP contribution in [0.3, 0.4) is 0 Å². The zero-order valence-corrected chi connectivity index (χ0v) is 8.15. The van der Waals surface area contributed by atoms with E-state index in [-0.39, 0.29) is 0 Å². The van der Waals surface area contributed by atoms with E-state index in [2.05, 4.69) is 19.2 Å². The Morgan fingerprint density at radius 3 is 3.00 bits per heavy atom. The van der Waals surface area contributed by atoms with Crippen molar-refractivity contribution in [3.05, 3.63) is 23.7 Å². The van der Waals surface area contributed by atoms with Crippen LogP contribution in [0, 0.1) is 6.92 Å². The fraction of sp³-hybridized carbons (Fsp3) is 0.556. The summed E-state index contributed by atoms with van der Waals surface area (Å²) in [6.07, 6.45) is 1.76. The van der Waals surface area contributed by atoms with Crippen LogP contribution in [0.4, 0.5) is 0 Å². The standard InChI is InChI=1S/C9H13NOS/c1-6-3-4-11-8(6)9-10-5-7(2)12-9/h3-4,7,9-10H,5H2,1-2H3. The third-order valence-corrected chi connectivity index (χ3v) is 3.38. The molecule has 3 heteroatoms. The number of hydrogen-bond donors (Lipinski definition) is 1. The first-order valence-electron chi connectivity index (χ1n) is 4.20. The first-order valence-corrected chi connectivity index (χ1v) is 5.14. The Morgan fingerprint density at radius 1 is 1.67 bits per heavy atom. The fourth-order valence-electron chi connectivity index (χ4n) is 1.41. The van der Waals surface area contributed by atoms with Crippen LogP contribution in [0.1, 0.15) is 23.6 Å². The van der Waals surface area contributed by atoms with Gasteiger partial charge in [-0.05, 0) is 18.6 Å². The molecule has 0 amide bonds. The zero-order chi connectivity index (χ0) is 8.55. The number of furan rings is 1. The Bertz CT molecular complexity index is 271. The normalized spacial score (nSPS) is 29.5. The predicted molar refractivity (Wildman–Crippen MR) is 51.2 cm³/mol. The topological polar surface area (TPSA) is 25.2 Å². The third-order valence-electron chi connectivity index (χ3n) is 2.10. The summed E-state index contributed by atoms with van der Waals surface area (Å²) in [5.41, 5.74) is 1.24. The van der Waals surface area contributed by atoms with Crippen LogP contribution >= 0.6 is 11.8 Å². The number of rotatable bonds is 1. The van der Waals surface area contributed by atoms with E-state index in [9.17, 15) is 0 Å². The molecule has 0 spiro atoms. The lowest BCUT2D eigenvalue weighted by atomic mass is 10.3. The second-order valence-electron chi connectivity index (χ2n) is 3.20. The van der Waals surface area contributed by atoms with E-state index in [1.54, 1.807) is 6.26 Å². The van der Waals surface area contributed by atoms with Crippen molar-refractivity contribution in [3.8, 4) is 0 Å². The largest absolute Gasteiger partial charge is 0.466 e. The van der Waals surface area contributed by atoms with Gasteiger partial charge in [0.15, 0.2) is 0 Å². The van der Waals surface area contributed by atoms with Crippen molar-refractivity contribution in [2.24, 2.45) is 0 Å². The molecule has 2 heterocycles. The van der Waals surface area contributed by atoms with Crippen LogP contribution in [-0.2, 0) is 0 Å². The number of thioether (sulfide) groups is 1. The van der Waals surface area contributed by atoms with Crippen molar-refractivity contribution in [2.75, 3.05) is 6.54 Å². The van der Waals surface area contributed by atoms with Crippen LogP contribution < -0.4 is 5.32 Å². The molecule has 2 rings (SSSR count). The SMILES string of the molecule is Cc1ccoc1C1NCC(C)S1. The first kappa shape index (κ1) is 8.20. The van der Waals surface area contributed by atoms with E-state index in [0.29, 0.717) is 10.6 Å². The summed E-state index contributed by atoms with van der Waals surface area (Å²) in [6.45, 7) is 5.40. The van der Waals surface area contributed by atoms with Crippen molar-refractivity contribution in [1.82, 2.24) is 5.32 Å². The van der Waals surface area contributed by atoms with Gasteiger partial charge >= 0.3 is 0 Å². The zero-order valence-electron chi connectivity index (χ0n) is 7.33. The highest BCUT2D eigenvalue weighted by molar-refractivity contribution is 8.00. The van der Waals surface area contributed by atoms with Gasteiger partial charge in [0.2, 0.25) is 0 Å². The van der Waals surface area contributed by atoms with Crippen molar-refractivity contribution >= 4 is 11.8 Å². The molecule has 0 aliphatic carbocycles. The quantitative estimate of drug-likeness (QED) is 0.723. The molecular weight excluding hydrogens is 170 g/mol. The Morgan fingerprint density at radius 2 is 2.50 bits per heavy atom. The molecule has 66 valence electrons. The van der Waals surface area contributed by atoms with Crippen molar-refractivity contribution in [3.63, 3.8) is 0 Å². The molecule has 2 atom stereocenters. The minimum absolute atomic E-state index is 0.370. The number of nitrogens with one attached hydrogen (secondary N) is 1. The lowest BCUT2D eigenvalue weighted by molar-refractivity contribution is 0.484. The average molecular weight is 183 g/mol. The van der Waals surface area contributed by atoms with Gasteiger partial charge in [-0.2, -0.15) is 0 Å². The first-order chi connectivity index (χ1) is 5.77. The van der Waals surface area contributed by atoms with E-state index in [1.807, 2.05) is 17.8 Å². The molecule has 0 aromatic carbocycles. The van der Waals surface area contributed by atoms with Gasteiger partial charge in [-0.25, -0.2) is 0 Å². The second kappa shape index (κ2) is 3.15. The van der Waals surface area contributed by atoms with E-state index in [1.165, 1.54) is 5.56 Å². The summed E-state index contributed by atoms with van der Waals surface area (Å²) in [5, 5.41) is 4.48. The summed E-state index contributed by atoms with van der Waals surface area (Å²) < 4.78 is 5.41. The molecule has 1 aromatic heterocycles. The highest BCUT2D eigenvalue weighted by atomic mass is 32.2. The molecule has 1 aliphatic heterocycles. The summed E-state index contributed by atoms with van der Waals surface area (Å²) in [6, 6.07) is 2.01. The highest BCUT2D eigenvalue weighted by Crippen LogP contribution is 2.36. The van der Waals surface area contributed by atoms with Crippen LogP contribution in [0.25, 0.3) is 0 Å².